The van der Waals surface area contributed by atoms with Crippen LogP contribution in [0.5, 0.6) is 0 Å². The van der Waals surface area contributed by atoms with Crippen molar-refractivity contribution in [2.75, 3.05) is 13.1 Å². The molecule has 1 aliphatic rings. The van der Waals surface area contributed by atoms with Gasteiger partial charge in [-0.2, -0.15) is 10.4 Å². The molecule has 1 saturated heterocycles. The van der Waals surface area contributed by atoms with Gasteiger partial charge in [-0.25, -0.2) is 0 Å². The monoisotopic (exact) mass is 310 g/mol. The summed E-state index contributed by atoms with van der Waals surface area (Å²) >= 11 is 3.63. The first-order valence-electron chi connectivity index (χ1n) is 6.49. The smallest absolute Gasteiger partial charge is 0.0739 e. The van der Waals surface area contributed by atoms with Gasteiger partial charge in [0, 0.05) is 19.0 Å². The minimum atomic E-state index is 0.252. The second-order valence-electron chi connectivity index (χ2n) is 4.84. The summed E-state index contributed by atoms with van der Waals surface area (Å²) in [5, 5.41) is 13.4. The first-order chi connectivity index (χ1) is 8.65. The van der Waals surface area contributed by atoms with Gasteiger partial charge in [0.2, 0.25) is 0 Å². The Bertz CT molecular complexity index is 452. The number of nitriles is 1. The van der Waals surface area contributed by atoms with E-state index in [1.165, 1.54) is 5.69 Å². The van der Waals surface area contributed by atoms with E-state index in [0.717, 1.165) is 49.2 Å². The summed E-state index contributed by atoms with van der Waals surface area (Å²) < 4.78 is 3.20. The molecule has 1 aromatic heterocycles. The van der Waals surface area contributed by atoms with Crippen LogP contribution in [0, 0.1) is 24.2 Å². The van der Waals surface area contributed by atoms with E-state index in [1.54, 1.807) is 0 Å². The largest absolute Gasteiger partial charge is 0.297 e. The summed E-state index contributed by atoms with van der Waals surface area (Å²) in [5.74, 6) is 0.252. The Morgan fingerprint density at radius 1 is 1.44 bits per heavy atom. The molecule has 1 fully saturated rings. The average Bonchev–Trinajstić information content (AvgIpc) is 2.67. The maximum atomic E-state index is 8.91. The molecule has 0 unspecified atom stereocenters. The van der Waals surface area contributed by atoms with Crippen LogP contribution in [-0.4, -0.2) is 27.8 Å². The van der Waals surface area contributed by atoms with Crippen molar-refractivity contribution in [2.24, 2.45) is 5.92 Å². The molecule has 0 N–H and O–H groups in total. The van der Waals surface area contributed by atoms with Gasteiger partial charge in [-0.15, -0.1) is 0 Å². The van der Waals surface area contributed by atoms with E-state index in [4.69, 9.17) is 5.26 Å². The Kier molecular flexibility index (Phi) is 4.41. The summed E-state index contributed by atoms with van der Waals surface area (Å²) in [7, 11) is 0. The molecule has 5 heteroatoms. The Morgan fingerprint density at radius 2 is 2.11 bits per heavy atom. The molecule has 0 atom stereocenters. The Balaban J connectivity index is 2.04. The lowest BCUT2D eigenvalue weighted by Gasteiger charge is -2.29. The van der Waals surface area contributed by atoms with E-state index in [0.29, 0.717) is 0 Å². The van der Waals surface area contributed by atoms with Crippen LogP contribution in [0.15, 0.2) is 4.47 Å². The van der Waals surface area contributed by atoms with Crippen LogP contribution in [0.2, 0.25) is 0 Å². The maximum absolute atomic E-state index is 8.91. The fourth-order valence-corrected chi connectivity index (χ4v) is 2.86. The molecule has 2 heterocycles. The number of likely N-dealkylation sites (tertiary alicyclic amines) is 1. The SMILES string of the molecule is CCn1nc(C)c(Br)c1CN1CCC(C#N)CC1. The summed E-state index contributed by atoms with van der Waals surface area (Å²) in [6.45, 7) is 7.99. The molecule has 2 rings (SSSR count). The molecule has 18 heavy (non-hydrogen) atoms. The molecule has 0 spiro atoms. The van der Waals surface area contributed by atoms with Gasteiger partial charge >= 0.3 is 0 Å². The van der Waals surface area contributed by atoms with Gasteiger partial charge in [0.15, 0.2) is 0 Å². The third kappa shape index (κ3) is 2.76. The first-order valence-corrected chi connectivity index (χ1v) is 7.28. The van der Waals surface area contributed by atoms with E-state index in [-0.39, 0.29) is 5.92 Å². The predicted molar refractivity (Wildman–Crippen MR) is 74.0 cm³/mol. The Morgan fingerprint density at radius 3 is 2.67 bits per heavy atom. The molecule has 0 amide bonds. The lowest BCUT2D eigenvalue weighted by atomic mass is 9.98. The lowest BCUT2D eigenvalue weighted by Crippen LogP contribution is -2.33. The molecular formula is C13H19BrN4. The number of halogens is 1. The van der Waals surface area contributed by atoms with Crippen molar-refractivity contribution in [3.63, 3.8) is 0 Å². The lowest BCUT2D eigenvalue weighted by molar-refractivity contribution is 0.193. The maximum Gasteiger partial charge on any atom is 0.0739 e. The zero-order valence-electron chi connectivity index (χ0n) is 11.0. The fourth-order valence-electron chi connectivity index (χ4n) is 2.45. The van der Waals surface area contributed by atoms with Crippen LogP contribution in [0.25, 0.3) is 0 Å². The molecule has 1 aromatic rings. The second kappa shape index (κ2) is 5.85. The second-order valence-corrected chi connectivity index (χ2v) is 5.63. The number of nitrogens with zero attached hydrogens (tertiary/aromatic N) is 4. The minimum absolute atomic E-state index is 0.252. The highest BCUT2D eigenvalue weighted by molar-refractivity contribution is 9.10. The van der Waals surface area contributed by atoms with Gasteiger partial charge in [-0.1, -0.05) is 0 Å². The Labute approximate surface area is 117 Å². The van der Waals surface area contributed by atoms with Gasteiger partial charge < -0.3 is 0 Å². The highest BCUT2D eigenvalue weighted by Gasteiger charge is 2.21. The van der Waals surface area contributed by atoms with Gasteiger partial charge in [0.25, 0.3) is 0 Å². The fraction of sp³-hybridized carbons (Fsp3) is 0.692. The highest BCUT2D eigenvalue weighted by Crippen LogP contribution is 2.24. The standard InChI is InChI=1S/C13H19BrN4/c1-3-18-12(13(14)10(2)16-18)9-17-6-4-11(8-15)5-7-17/h11H,3-7,9H2,1-2H3. The van der Waals surface area contributed by atoms with Crippen LogP contribution in [0.3, 0.4) is 0 Å². The van der Waals surface area contributed by atoms with Crippen molar-refractivity contribution in [3.8, 4) is 6.07 Å². The van der Waals surface area contributed by atoms with Gasteiger partial charge in [0.05, 0.1) is 21.9 Å². The van der Waals surface area contributed by atoms with Crippen molar-refractivity contribution in [2.45, 2.75) is 39.8 Å². The summed E-state index contributed by atoms with van der Waals surface area (Å²) in [4.78, 5) is 2.42. The number of piperidine rings is 1. The zero-order chi connectivity index (χ0) is 13.1. The average molecular weight is 311 g/mol. The highest BCUT2D eigenvalue weighted by atomic mass is 79.9. The molecule has 98 valence electrons. The van der Waals surface area contributed by atoms with Crippen molar-refractivity contribution in [3.05, 3.63) is 15.9 Å². The Hall–Kier alpha value is -0.860. The molecule has 0 aromatic carbocycles. The van der Waals surface area contributed by atoms with Crippen LogP contribution < -0.4 is 0 Å². The van der Waals surface area contributed by atoms with Crippen LogP contribution in [-0.2, 0) is 13.1 Å². The number of aromatic nitrogens is 2. The van der Waals surface area contributed by atoms with E-state index < -0.39 is 0 Å². The number of hydrogen-bond donors (Lipinski definition) is 0. The molecule has 1 aliphatic heterocycles. The quantitative estimate of drug-likeness (QED) is 0.862. The molecule has 0 bridgehead atoms. The van der Waals surface area contributed by atoms with Gasteiger partial charge in [-0.3, -0.25) is 9.58 Å². The van der Waals surface area contributed by atoms with Gasteiger partial charge in [-0.05, 0) is 55.7 Å². The molecule has 0 aliphatic carbocycles. The zero-order valence-corrected chi connectivity index (χ0v) is 12.6. The summed E-state index contributed by atoms with van der Waals surface area (Å²) in [6, 6.07) is 2.37. The van der Waals surface area contributed by atoms with Crippen molar-refractivity contribution in [1.82, 2.24) is 14.7 Å². The van der Waals surface area contributed by atoms with Crippen LogP contribution >= 0.6 is 15.9 Å². The topological polar surface area (TPSA) is 44.9 Å². The van der Waals surface area contributed by atoms with E-state index in [1.807, 2.05) is 6.92 Å². The molecule has 4 nitrogen and oxygen atoms in total. The van der Waals surface area contributed by atoms with Crippen LogP contribution in [0.1, 0.15) is 31.2 Å². The minimum Gasteiger partial charge on any atom is -0.297 e. The third-order valence-corrected chi connectivity index (χ3v) is 4.63. The summed E-state index contributed by atoms with van der Waals surface area (Å²) in [5.41, 5.74) is 2.31. The molecule has 0 radical (unpaired) electrons. The van der Waals surface area contributed by atoms with Crippen molar-refractivity contribution >= 4 is 15.9 Å². The van der Waals surface area contributed by atoms with Crippen molar-refractivity contribution < 1.29 is 0 Å². The van der Waals surface area contributed by atoms with Gasteiger partial charge in [0.1, 0.15) is 0 Å². The first kappa shape index (κ1) is 13.6. The number of rotatable bonds is 3. The normalized spacial score (nSPS) is 17.9. The predicted octanol–water partition coefficient (Wildman–Crippen LogP) is 2.71. The van der Waals surface area contributed by atoms with Crippen LogP contribution in [0.4, 0.5) is 0 Å². The van der Waals surface area contributed by atoms with E-state index >= 15 is 0 Å². The molecular weight excluding hydrogens is 292 g/mol. The third-order valence-electron chi connectivity index (χ3n) is 3.60. The van der Waals surface area contributed by atoms with E-state index in [9.17, 15) is 0 Å². The van der Waals surface area contributed by atoms with E-state index in [2.05, 4.69) is 43.6 Å². The summed E-state index contributed by atoms with van der Waals surface area (Å²) in [6.07, 6.45) is 1.99. The van der Waals surface area contributed by atoms with Crippen molar-refractivity contribution in [1.29, 1.82) is 5.26 Å². The number of hydrogen-bond acceptors (Lipinski definition) is 3. The molecule has 0 saturated carbocycles. The number of aryl methyl sites for hydroxylation is 2.